The van der Waals surface area contributed by atoms with Crippen LogP contribution in [0.1, 0.15) is 39.2 Å². The summed E-state index contributed by atoms with van der Waals surface area (Å²) < 4.78 is 0. The zero-order chi connectivity index (χ0) is 13.9. The van der Waals surface area contributed by atoms with E-state index in [1.54, 1.807) is 0 Å². The van der Waals surface area contributed by atoms with Gasteiger partial charge in [0.1, 0.15) is 0 Å². The van der Waals surface area contributed by atoms with Gasteiger partial charge in [0.2, 0.25) is 0 Å². The van der Waals surface area contributed by atoms with Crippen molar-refractivity contribution in [2.75, 3.05) is 24.5 Å². The van der Waals surface area contributed by atoms with Gasteiger partial charge in [-0.2, -0.15) is 0 Å². The molecule has 0 spiro atoms. The summed E-state index contributed by atoms with van der Waals surface area (Å²) in [4.78, 5) is 2.46. The van der Waals surface area contributed by atoms with E-state index < -0.39 is 0 Å². The van der Waals surface area contributed by atoms with Crippen molar-refractivity contribution in [3.63, 3.8) is 0 Å². The van der Waals surface area contributed by atoms with Gasteiger partial charge >= 0.3 is 0 Å². The van der Waals surface area contributed by atoms with E-state index in [0.29, 0.717) is 5.41 Å². The highest BCUT2D eigenvalue weighted by atomic mass is 35.5. The molecule has 0 radical (unpaired) electrons. The minimum Gasteiger partial charge on any atom is -0.370 e. The highest BCUT2D eigenvalue weighted by Gasteiger charge is 2.27. The van der Waals surface area contributed by atoms with E-state index >= 15 is 0 Å². The Balaban J connectivity index is 2.19. The first-order valence-corrected chi connectivity index (χ1v) is 7.64. The van der Waals surface area contributed by atoms with Gasteiger partial charge in [-0.15, -0.1) is 0 Å². The van der Waals surface area contributed by atoms with Gasteiger partial charge in [-0.1, -0.05) is 44.5 Å². The van der Waals surface area contributed by atoms with E-state index in [4.69, 9.17) is 11.6 Å². The van der Waals surface area contributed by atoms with E-state index in [1.165, 1.54) is 24.1 Å². The first-order chi connectivity index (χ1) is 9.03. The second-order valence-electron chi connectivity index (χ2n) is 6.18. The molecule has 1 N–H and O–H groups in total. The summed E-state index contributed by atoms with van der Waals surface area (Å²) in [5.74, 6) is 0. The maximum atomic E-state index is 6.44. The molecule has 3 heteroatoms. The van der Waals surface area contributed by atoms with Crippen LogP contribution in [-0.4, -0.2) is 19.6 Å². The number of benzene rings is 1. The molecule has 0 atom stereocenters. The Labute approximate surface area is 122 Å². The molecule has 1 aliphatic heterocycles. The molecule has 1 heterocycles. The SMILES string of the molecule is CCNCc1cccc(Cl)c1N1CCC(C)(C)CC1. The Morgan fingerprint density at radius 3 is 2.58 bits per heavy atom. The van der Waals surface area contributed by atoms with Gasteiger partial charge in [-0.05, 0) is 36.4 Å². The minimum absolute atomic E-state index is 0.472. The monoisotopic (exact) mass is 280 g/mol. The highest BCUT2D eigenvalue weighted by molar-refractivity contribution is 6.33. The lowest BCUT2D eigenvalue weighted by Crippen LogP contribution is -2.38. The molecule has 1 aromatic rings. The number of rotatable bonds is 4. The van der Waals surface area contributed by atoms with Crippen molar-refractivity contribution in [1.29, 1.82) is 0 Å². The molecule has 1 aliphatic rings. The first-order valence-electron chi connectivity index (χ1n) is 7.26. The van der Waals surface area contributed by atoms with Crippen LogP contribution >= 0.6 is 11.6 Å². The van der Waals surface area contributed by atoms with E-state index in [0.717, 1.165) is 31.2 Å². The quantitative estimate of drug-likeness (QED) is 0.894. The number of hydrogen-bond acceptors (Lipinski definition) is 2. The van der Waals surface area contributed by atoms with Crippen LogP contribution < -0.4 is 10.2 Å². The van der Waals surface area contributed by atoms with Crippen molar-refractivity contribution < 1.29 is 0 Å². The van der Waals surface area contributed by atoms with Crippen molar-refractivity contribution in [1.82, 2.24) is 5.32 Å². The molecule has 1 saturated heterocycles. The predicted molar refractivity (Wildman–Crippen MR) is 84.1 cm³/mol. The van der Waals surface area contributed by atoms with E-state index in [1.807, 2.05) is 12.1 Å². The molecular weight excluding hydrogens is 256 g/mol. The number of anilines is 1. The average Bonchev–Trinajstić information content (AvgIpc) is 2.37. The van der Waals surface area contributed by atoms with E-state index in [2.05, 4.69) is 37.1 Å². The molecule has 106 valence electrons. The molecule has 0 bridgehead atoms. The van der Waals surface area contributed by atoms with E-state index in [-0.39, 0.29) is 0 Å². The Hall–Kier alpha value is -0.730. The van der Waals surface area contributed by atoms with Crippen molar-refractivity contribution in [2.24, 2.45) is 5.41 Å². The molecule has 1 aromatic carbocycles. The summed E-state index contributed by atoms with van der Waals surface area (Å²) >= 11 is 6.44. The molecule has 1 fully saturated rings. The highest BCUT2D eigenvalue weighted by Crippen LogP contribution is 2.36. The van der Waals surface area contributed by atoms with Crippen LogP contribution in [0.5, 0.6) is 0 Å². The Bertz CT molecular complexity index is 419. The molecular formula is C16H25ClN2. The number of piperidine rings is 1. The third-order valence-corrected chi connectivity index (χ3v) is 4.37. The number of hydrogen-bond donors (Lipinski definition) is 1. The number of para-hydroxylation sites is 1. The summed E-state index contributed by atoms with van der Waals surface area (Å²) in [7, 11) is 0. The van der Waals surface area contributed by atoms with Gasteiger partial charge in [0, 0.05) is 19.6 Å². The standard InChI is InChI=1S/C16H25ClN2/c1-4-18-12-13-6-5-7-14(17)15(13)19-10-8-16(2,3)9-11-19/h5-7,18H,4,8-12H2,1-3H3. The lowest BCUT2D eigenvalue weighted by atomic mass is 9.82. The van der Waals surface area contributed by atoms with Gasteiger partial charge in [0.05, 0.1) is 10.7 Å². The van der Waals surface area contributed by atoms with Crippen LogP contribution in [0.2, 0.25) is 5.02 Å². The Kier molecular flexibility index (Phi) is 4.75. The van der Waals surface area contributed by atoms with Gasteiger partial charge in [0.25, 0.3) is 0 Å². The number of halogens is 1. The second kappa shape index (κ2) is 6.15. The maximum absolute atomic E-state index is 6.44. The smallest absolute Gasteiger partial charge is 0.0642 e. The Morgan fingerprint density at radius 1 is 1.26 bits per heavy atom. The molecule has 0 saturated carbocycles. The molecule has 19 heavy (non-hydrogen) atoms. The zero-order valence-corrected chi connectivity index (χ0v) is 13.1. The molecule has 2 rings (SSSR count). The number of nitrogens with one attached hydrogen (secondary N) is 1. The third kappa shape index (κ3) is 3.64. The maximum Gasteiger partial charge on any atom is 0.0642 e. The fraction of sp³-hybridized carbons (Fsp3) is 0.625. The summed E-state index contributed by atoms with van der Waals surface area (Å²) in [5.41, 5.74) is 3.02. The zero-order valence-electron chi connectivity index (χ0n) is 12.3. The molecule has 0 amide bonds. The minimum atomic E-state index is 0.472. The largest absolute Gasteiger partial charge is 0.370 e. The lowest BCUT2D eigenvalue weighted by molar-refractivity contribution is 0.279. The van der Waals surface area contributed by atoms with Gasteiger partial charge in [-0.3, -0.25) is 0 Å². The first kappa shape index (κ1) is 14.7. The van der Waals surface area contributed by atoms with E-state index in [9.17, 15) is 0 Å². The fourth-order valence-corrected chi connectivity index (χ4v) is 2.97. The summed E-state index contributed by atoms with van der Waals surface area (Å²) in [6, 6.07) is 6.24. The summed E-state index contributed by atoms with van der Waals surface area (Å²) in [6.07, 6.45) is 2.47. The summed E-state index contributed by atoms with van der Waals surface area (Å²) in [5, 5.41) is 4.29. The Morgan fingerprint density at radius 2 is 1.95 bits per heavy atom. The van der Waals surface area contributed by atoms with Crippen LogP contribution in [0.4, 0.5) is 5.69 Å². The fourth-order valence-electron chi connectivity index (χ4n) is 2.65. The number of nitrogens with zero attached hydrogens (tertiary/aromatic N) is 1. The van der Waals surface area contributed by atoms with Gasteiger partial charge in [0.15, 0.2) is 0 Å². The van der Waals surface area contributed by atoms with Crippen LogP contribution in [0.25, 0.3) is 0 Å². The van der Waals surface area contributed by atoms with Crippen LogP contribution in [0.3, 0.4) is 0 Å². The van der Waals surface area contributed by atoms with Crippen LogP contribution in [0, 0.1) is 5.41 Å². The average molecular weight is 281 g/mol. The normalized spacial score (nSPS) is 18.6. The van der Waals surface area contributed by atoms with Gasteiger partial charge < -0.3 is 10.2 Å². The molecule has 0 unspecified atom stereocenters. The van der Waals surface area contributed by atoms with Crippen molar-refractivity contribution in [3.05, 3.63) is 28.8 Å². The van der Waals surface area contributed by atoms with Crippen molar-refractivity contribution in [3.8, 4) is 0 Å². The molecule has 0 aliphatic carbocycles. The summed E-state index contributed by atoms with van der Waals surface area (Å²) in [6.45, 7) is 10.9. The third-order valence-electron chi connectivity index (χ3n) is 4.07. The predicted octanol–water partition coefficient (Wildman–Crippen LogP) is 4.08. The topological polar surface area (TPSA) is 15.3 Å². The van der Waals surface area contributed by atoms with Crippen molar-refractivity contribution >= 4 is 17.3 Å². The molecule has 0 aromatic heterocycles. The van der Waals surface area contributed by atoms with Crippen molar-refractivity contribution in [2.45, 2.75) is 40.2 Å². The van der Waals surface area contributed by atoms with Crippen LogP contribution in [-0.2, 0) is 6.54 Å². The van der Waals surface area contributed by atoms with Gasteiger partial charge in [-0.25, -0.2) is 0 Å². The van der Waals surface area contributed by atoms with Crippen LogP contribution in [0.15, 0.2) is 18.2 Å². The molecule has 2 nitrogen and oxygen atoms in total. The lowest BCUT2D eigenvalue weighted by Gasteiger charge is -2.39. The second-order valence-corrected chi connectivity index (χ2v) is 6.59.